The van der Waals surface area contributed by atoms with Gasteiger partial charge in [-0.3, -0.25) is 4.98 Å². The van der Waals surface area contributed by atoms with Crippen molar-refractivity contribution in [2.24, 2.45) is 0 Å². The van der Waals surface area contributed by atoms with E-state index in [0.29, 0.717) is 0 Å². The zero-order valence-corrected chi connectivity index (χ0v) is 9.54. The third kappa shape index (κ3) is 2.50. The van der Waals surface area contributed by atoms with E-state index in [4.69, 9.17) is 4.74 Å². The summed E-state index contributed by atoms with van der Waals surface area (Å²) in [6, 6.07) is 11.2. The first-order valence-corrected chi connectivity index (χ1v) is 5.34. The summed E-state index contributed by atoms with van der Waals surface area (Å²) < 4.78 is 5.15. The molecule has 0 saturated heterocycles. The van der Waals surface area contributed by atoms with Crippen LogP contribution in [0, 0.1) is 0 Å². The molecule has 0 spiro atoms. The molecular formula is C14H13NO2. The maximum Gasteiger partial charge on any atom is 0.131 e. The van der Waals surface area contributed by atoms with Crippen molar-refractivity contribution in [2.45, 2.75) is 5.92 Å². The average Bonchev–Trinajstić information content (AvgIpc) is 2.41. The summed E-state index contributed by atoms with van der Waals surface area (Å²) >= 11 is 0. The molecule has 1 heterocycles. The van der Waals surface area contributed by atoms with Gasteiger partial charge >= 0.3 is 0 Å². The summed E-state index contributed by atoms with van der Waals surface area (Å²) in [5.41, 5.74) is 1.79. The van der Waals surface area contributed by atoms with Crippen LogP contribution in [-0.4, -0.2) is 18.4 Å². The molecule has 1 atom stereocenters. The van der Waals surface area contributed by atoms with Gasteiger partial charge in [-0.25, -0.2) is 0 Å². The van der Waals surface area contributed by atoms with E-state index in [-0.39, 0.29) is 5.92 Å². The van der Waals surface area contributed by atoms with Gasteiger partial charge in [0, 0.05) is 12.4 Å². The number of aromatic nitrogens is 1. The smallest absolute Gasteiger partial charge is 0.131 e. The molecule has 0 aliphatic rings. The predicted molar refractivity (Wildman–Crippen MR) is 65.1 cm³/mol. The van der Waals surface area contributed by atoms with Crippen LogP contribution in [0.5, 0.6) is 5.75 Å². The lowest BCUT2D eigenvalue weighted by Gasteiger charge is -2.11. The van der Waals surface area contributed by atoms with E-state index in [1.165, 1.54) is 0 Å². The molecule has 0 fully saturated rings. The Kier molecular flexibility index (Phi) is 3.50. The minimum atomic E-state index is -0.293. The molecule has 0 saturated carbocycles. The van der Waals surface area contributed by atoms with Crippen LogP contribution >= 0.6 is 0 Å². The van der Waals surface area contributed by atoms with E-state index in [1.54, 1.807) is 19.5 Å². The summed E-state index contributed by atoms with van der Waals surface area (Å²) in [5.74, 6) is 0.456. The summed E-state index contributed by atoms with van der Waals surface area (Å²) in [5, 5.41) is 0. The predicted octanol–water partition coefficient (Wildman–Crippen LogP) is 2.42. The largest absolute Gasteiger partial charge is 0.497 e. The van der Waals surface area contributed by atoms with Crippen molar-refractivity contribution in [2.75, 3.05) is 7.11 Å². The molecule has 17 heavy (non-hydrogen) atoms. The summed E-state index contributed by atoms with van der Waals surface area (Å²) in [6.45, 7) is 0. The van der Waals surface area contributed by atoms with Crippen LogP contribution in [0.2, 0.25) is 0 Å². The first-order chi connectivity index (χ1) is 8.35. The number of aldehydes is 1. The van der Waals surface area contributed by atoms with Gasteiger partial charge in [-0.05, 0) is 29.3 Å². The van der Waals surface area contributed by atoms with Crippen molar-refractivity contribution in [3.8, 4) is 5.75 Å². The number of hydrogen-bond acceptors (Lipinski definition) is 3. The van der Waals surface area contributed by atoms with Gasteiger partial charge in [0.05, 0.1) is 13.0 Å². The van der Waals surface area contributed by atoms with Gasteiger partial charge < -0.3 is 9.53 Å². The van der Waals surface area contributed by atoms with Crippen molar-refractivity contribution in [1.29, 1.82) is 0 Å². The van der Waals surface area contributed by atoms with Crippen LogP contribution < -0.4 is 4.74 Å². The number of methoxy groups -OCH3 is 1. The molecule has 3 nitrogen and oxygen atoms in total. The molecule has 0 radical (unpaired) electrons. The van der Waals surface area contributed by atoms with Crippen LogP contribution in [0.25, 0.3) is 0 Å². The first kappa shape index (κ1) is 11.3. The molecule has 0 aliphatic heterocycles. The number of rotatable bonds is 4. The van der Waals surface area contributed by atoms with Crippen LogP contribution in [-0.2, 0) is 4.79 Å². The standard InChI is InChI=1S/C14H13NO2/c1-17-13-6-2-4-11(8-13)14(10-16)12-5-3-7-15-9-12/h2-10,14H,1H3. The average molecular weight is 227 g/mol. The molecule has 1 aromatic carbocycles. The number of nitrogens with zero attached hydrogens (tertiary/aromatic N) is 1. The Morgan fingerprint density at radius 2 is 2.06 bits per heavy atom. The monoisotopic (exact) mass is 227 g/mol. The fourth-order valence-electron chi connectivity index (χ4n) is 1.74. The van der Waals surface area contributed by atoms with Gasteiger partial charge in [-0.15, -0.1) is 0 Å². The maximum absolute atomic E-state index is 11.2. The summed E-state index contributed by atoms with van der Waals surface area (Å²) in [4.78, 5) is 15.3. The van der Waals surface area contributed by atoms with Crippen LogP contribution in [0.4, 0.5) is 0 Å². The molecule has 0 amide bonds. The van der Waals surface area contributed by atoms with Crippen LogP contribution in [0.3, 0.4) is 0 Å². The SMILES string of the molecule is COc1cccc(C(C=O)c2cccnc2)c1. The molecule has 1 aromatic heterocycles. The zero-order valence-electron chi connectivity index (χ0n) is 9.54. The van der Waals surface area contributed by atoms with Gasteiger partial charge in [-0.2, -0.15) is 0 Å². The highest BCUT2D eigenvalue weighted by atomic mass is 16.5. The molecule has 0 N–H and O–H groups in total. The molecule has 86 valence electrons. The topological polar surface area (TPSA) is 39.2 Å². The Labute approximate surface area is 100 Å². The van der Waals surface area contributed by atoms with Gasteiger partial charge in [0.25, 0.3) is 0 Å². The third-order valence-electron chi connectivity index (χ3n) is 2.63. The highest BCUT2D eigenvalue weighted by Gasteiger charge is 2.13. The van der Waals surface area contributed by atoms with E-state index in [9.17, 15) is 4.79 Å². The number of ether oxygens (including phenoxy) is 1. The second-order valence-electron chi connectivity index (χ2n) is 3.68. The Balaban J connectivity index is 2.38. The van der Waals surface area contributed by atoms with Crippen molar-refractivity contribution >= 4 is 6.29 Å². The van der Waals surface area contributed by atoms with Gasteiger partial charge in [0.2, 0.25) is 0 Å². The fourth-order valence-corrected chi connectivity index (χ4v) is 1.74. The van der Waals surface area contributed by atoms with Crippen molar-refractivity contribution in [1.82, 2.24) is 4.98 Å². The molecule has 3 heteroatoms. The van der Waals surface area contributed by atoms with Gasteiger partial charge in [0.1, 0.15) is 12.0 Å². The second kappa shape index (κ2) is 5.25. The third-order valence-corrected chi connectivity index (χ3v) is 2.63. The lowest BCUT2D eigenvalue weighted by atomic mass is 9.94. The first-order valence-electron chi connectivity index (χ1n) is 5.34. The van der Waals surface area contributed by atoms with Crippen molar-refractivity contribution in [3.63, 3.8) is 0 Å². The number of hydrogen-bond donors (Lipinski definition) is 0. The molecule has 0 bridgehead atoms. The van der Waals surface area contributed by atoms with E-state index in [1.807, 2.05) is 36.4 Å². The lowest BCUT2D eigenvalue weighted by molar-refractivity contribution is -0.108. The quantitative estimate of drug-likeness (QED) is 0.753. The molecular weight excluding hydrogens is 214 g/mol. The fraction of sp³-hybridized carbons (Fsp3) is 0.143. The molecule has 2 rings (SSSR count). The van der Waals surface area contributed by atoms with E-state index in [2.05, 4.69) is 4.98 Å². The molecule has 0 aliphatic carbocycles. The maximum atomic E-state index is 11.2. The number of pyridine rings is 1. The Morgan fingerprint density at radius 3 is 2.71 bits per heavy atom. The normalized spacial score (nSPS) is 11.8. The van der Waals surface area contributed by atoms with Gasteiger partial charge in [0.15, 0.2) is 0 Å². The Hall–Kier alpha value is -2.16. The summed E-state index contributed by atoms with van der Waals surface area (Å²) in [6.07, 6.45) is 4.32. The summed E-state index contributed by atoms with van der Waals surface area (Å²) in [7, 11) is 1.61. The number of benzene rings is 1. The Bertz CT molecular complexity index is 497. The molecule has 2 aromatic rings. The minimum absolute atomic E-state index is 0.293. The van der Waals surface area contributed by atoms with Crippen LogP contribution in [0.15, 0.2) is 48.8 Å². The van der Waals surface area contributed by atoms with E-state index >= 15 is 0 Å². The van der Waals surface area contributed by atoms with Crippen LogP contribution in [0.1, 0.15) is 17.0 Å². The van der Waals surface area contributed by atoms with E-state index in [0.717, 1.165) is 23.2 Å². The second-order valence-corrected chi connectivity index (χ2v) is 3.68. The zero-order chi connectivity index (χ0) is 12.1. The number of carbonyl (C=O) groups is 1. The minimum Gasteiger partial charge on any atom is -0.497 e. The number of carbonyl (C=O) groups excluding carboxylic acids is 1. The van der Waals surface area contributed by atoms with Crippen molar-refractivity contribution < 1.29 is 9.53 Å². The van der Waals surface area contributed by atoms with E-state index < -0.39 is 0 Å². The highest BCUT2D eigenvalue weighted by molar-refractivity contribution is 5.68. The van der Waals surface area contributed by atoms with Gasteiger partial charge in [-0.1, -0.05) is 18.2 Å². The lowest BCUT2D eigenvalue weighted by Crippen LogP contribution is -2.03. The molecule has 1 unspecified atom stereocenters. The highest BCUT2D eigenvalue weighted by Crippen LogP contribution is 2.24. The Morgan fingerprint density at radius 1 is 1.24 bits per heavy atom. The van der Waals surface area contributed by atoms with Crippen molar-refractivity contribution in [3.05, 3.63) is 59.9 Å².